The number of carbonyl (C=O) groups is 1. The Morgan fingerprint density at radius 2 is 2.36 bits per heavy atom. The van der Waals surface area contributed by atoms with Gasteiger partial charge in [0.15, 0.2) is 0 Å². The topological polar surface area (TPSA) is 56.4 Å². The van der Waals surface area contributed by atoms with Crippen LogP contribution in [0.25, 0.3) is 0 Å². The molecule has 0 bridgehead atoms. The first-order valence-corrected chi connectivity index (χ1v) is 3.28. The van der Waals surface area contributed by atoms with Crippen LogP contribution in [0.3, 0.4) is 0 Å². The van der Waals surface area contributed by atoms with E-state index in [2.05, 4.69) is 16.3 Å². The number of hydrogen-bond donors (Lipinski definition) is 3. The fourth-order valence-electron chi connectivity index (χ4n) is 1.08. The maximum Gasteiger partial charge on any atom is 0.251 e. The van der Waals surface area contributed by atoms with Gasteiger partial charge in [0.25, 0.3) is 5.91 Å². The number of carbonyl (C=O) groups excluding carboxylic acids is 1. The molecule has 3 N–H and O–H groups in total. The maximum atomic E-state index is 10.9. The van der Waals surface area contributed by atoms with Crippen molar-refractivity contribution >= 4 is 5.91 Å². The molecule has 0 unspecified atom stereocenters. The summed E-state index contributed by atoms with van der Waals surface area (Å²) in [7, 11) is 0. The largest absolute Gasteiger partial charge is 0.307 e. The van der Waals surface area contributed by atoms with E-state index in [0.717, 1.165) is 11.5 Å². The van der Waals surface area contributed by atoms with Gasteiger partial charge in [0.2, 0.25) is 0 Å². The molecular weight excluding hydrogens is 144 g/mol. The van der Waals surface area contributed by atoms with Gasteiger partial charge in [-0.1, -0.05) is 0 Å². The second kappa shape index (κ2) is 2.00. The minimum Gasteiger partial charge on any atom is -0.307 e. The van der Waals surface area contributed by atoms with Crippen molar-refractivity contribution in [3.05, 3.63) is 23.8 Å². The third-order valence-corrected chi connectivity index (χ3v) is 1.57. The molecule has 5 nitrogen and oxygen atoms in total. The Kier molecular flexibility index (Phi) is 1.13. The molecular formula is C6H8N4O. The van der Waals surface area contributed by atoms with E-state index in [0.29, 0.717) is 0 Å². The minimum absolute atomic E-state index is 0.0875. The quantitative estimate of drug-likeness (QED) is 0.423. The van der Waals surface area contributed by atoms with Crippen LogP contribution < -0.4 is 16.3 Å². The van der Waals surface area contributed by atoms with E-state index in [1.54, 1.807) is 11.2 Å². The Morgan fingerprint density at radius 3 is 3.18 bits per heavy atom. The van der Waals surface area contributed by atoms with Gasteiger partial charge < -0.3 is 10.7 Å². The van der Waals surface area contributed by atoms with E-state index in [9.17, 15) is 4.79 Å². The molecule has 0 fully saturated rings. The summed E-state index contributed by atoms with van der Waals surface area (Å²) in [5.41, 5.74) is 6.48. The SMILES string of the molecule is CC1=CC(=O)NC2=CNNN12. The van der Waals surface area contributed by atoms with Crippen LogP contribution in [0.15, 0.2) is 23.8 Å². The molecule has 0 aromatic rings. The van der Waals surface area contributed by atoms with Crippen molar-refractivity contribution in [1.82, 2.24) is 21.3 Å². The molecule has 2 heterocycles. The van der Waals surface area contributed by atoms with Crippen molar-refractivity contribution in [2.45, 2.75) is 6.92 Å². The van der Waals surface area contributed by atoms with Crippen LogP contribution in [0.2, 0.25) is 0 Å². The molecule has 0 aromatic carbocycles. The Morgan fingerprint density at radius 1 is 1.55 bits per heavy atom. The van der Waals surface area contributed by atoms with Gasteiger partial charge in [0.05, 0.1) is 6.20 Å². The molecule has 2 aliphatic heterocycles. The molecule has 0 radical (unpaired) electrons. The maximum absolute atomic E-state index is 10.9. The lowest BCUT2D eigenvalue weighted by Gasteiger charge is -2.24. The van der Waals surface area contributed by atoms with E-state index in [-0.39, 0.29) is 5.91 Å². The Bertz CT molecular complexity index is 266. The normalized spacial score (nSPS) is 21.5. The summed E-state index contributed by atoms with van der Waals surface area (Å²) in [5.74, 6) is 0.644. The zero-order valence-electron chi connectivity index (χ0n) is 6.01. The fraction of sp³-hybridized carbons (Fsp3) is 0.167. The van der Waals surface area contributed by atoms with E-state index in [4.69, 9.17) is 0 Å². The second-order valence-electron chi connectivity index (χ2n) is 2.40. The van der Waals surface area contributed by atoms with E-state index in [1.165, 1.54) is 6.08 Å². The molecule has 0 atom stereocenters. The lowest BCUT2D eigenvalue weighted by Crippen LogP contribution is -2.43. The van der Waals surface area contributed by atoms with E-state index in [1.807, 2.05) is 6.92 Å². The predicted molar refractivity (Wildman–Crippen MR) is 38.1 cm³/mol. The smallest absolute Gasteiger partial charge is 0.251 e. The fourth-order valence-corrected chi connectivity index (χ4v) is 1.08. The van der Waals surface area contributed by atoms with Crippen molar-refractivity contribution in [3.63, 3.8) is 0 Å². The average Bonchev–Trinajstić information content (AvgIpc) is 2.34. The van der Waals surface area contributed by atoms with Crippen LogP contribution in [-0.4, -0.2) is 10.9 Å². The number of nitrogens with zero attached hydrogens (tertiary/aromatic N) is 1. The summed E-state index contributed by atoms with van der Waals surface area (Å²) >= 11 is 0. The van der Waals surface area contributed by atoms with Crippen LogP contribution >= 0.6 is 0 Å². The number of fused-ring (bicyclic) bond motifs is 1. The molecule has 0 saturated heterocycles. The third-order valence-electron chi connectivity index (χ3n) is 1.57. The highest BCUT2D eigenvalue weighted by molar-refractivity contribution is 5.90. The average molecular weight is 152 g/mol. The van der Waals surface area contributed by atoms with Crippen molar-refractivity contribution in [2.75, 3.05) is 0 Å². The highest BCUT2D eigenvalue weighted by Crippen LogP contribution is 2.13. The van der Waals surface area contributed by atoms with Gasteiger partial charge in [-0.15, -0.1) is 5.53 Å². The summed E-state index contributed by atoms with van der Waals surface area (Å²) in [6.45, 7) is 1.85. The van der Waals surface area contributed by atoms with Gasteiger partial charge in [-0.3, -0.25) is 4.79 Å². The number of rotatable bonds is 0. The molecule has 0 saturated carbocycles. The summed E-state index contributed by atoms with van der Waals surface area (Å²) in [6, 6.07) is 0. The number of nitrogens with one attached hydrogen (secondary N) is 3. The first kappa shape index (κ1) is 6.23. The zero-order valence-corrected chi connectivity index (χ0v) is 6.01. The first-order chi connectivity index (χ1) is 5.27. The van der Waals surface area contributed by atoms with Gasteiger partial charge >= 0.3 is 0 Å². The van der Waals surface area contributed by atoms with Gasteiger partial charge in [0.1, 0.15) is 5.82 Å². The number of hydrogen-bond acceptors (Lipinski definition) is 4. The monoisotopic (exact) mass is 152 g/mol. The third kappa shape index (κ3) is 0.857. The Balaban J connectivity index is 2.36. The summed E-state index contributed by atoms with van der Waals surface area (Å²) < 4.78 is 0. The van der Waals surface area contributed by atoms with Crippen molar-refractivity contribution < 1.29 is 4.79 Å². The predicted octanol–water partition coefficient (Wildman–Crippen LogP) is -0.856. The van der Waals surface area contributed by atoms with Gasteiger partial charge in [-0.25, -0.2) is 5.01 Å². The Hall–Kier alpha value is -1.49. The lowest BCUT2D eigenvalue weighted by atomic mass is 10.3. The molecule has 58 valence electrons. The van der Waals surface area contributed by atoms with E-state index >= 15 is 0 Å². The lowest BCUT2D eigenvalue weighted by molar-refractivity contribution is -0.116. The minimum atomic E-state index is -0.0875. The van der Waals surface area contributed by atoms with Crippen molar-refractivity contribution in [3.8, 4) is 0 Å². The molecule has 11 heavy (non-hydrogen) atoms. The number of hydrazine groups is 2. The second-order valence-corrected chi connectivity index (χ2v) is 2.40. The highest BCUT2D eigenvalue weighted by Gasteiger charge is 2.22. The molecule has 0 aromatic heterocycles. The van der Waals surface area contributed by atoms with Gasteiger partial charge in [-0.05, 0) is 6.92 Å². The summed E-state index contributed by atoms with van der Waals surface area (Å²) in [6.07, 6.45) is 3.21. The summed E-state index contributed by atoms with van der Waals surface area (Å²) in [4.78, 5) is 10.9. The van der Waals surface area contributed by atoms with Crippen LogP contribution in [0, 0.1) is 0 Å². The number of allylic oxidation sites excluding steroid dienone is 1. The molecule has 2 rings (SSSR count). The first-order valence-electron chi connectivity index (χ1n) is 3.28. The van der Waals surface area contributed by atoms with Gasteiger partial charge in [0, 0.05) is 11.8 Å². The van der Waals surface area contributed by atoms with Crippen molar-refractivity contribution in [2.24, 2.45) is 0 Å². The van der Waals surface area contributed by atoms with Crippen LogP contribution in [0.1, 0.15) is 6.92 Å². The zero-order chi connectivity index (χ0) is 7.84. The van der Waals surface area contributed by atoms with Crippen LogP contribution in [-0.2, 0) is 4.79 Å². The number of amides is 1. The van der Waals surface area contributed by atoms with Crippen molar-refractivity contribution in [1.29, 1.82) is 0 Å². The van der Waals surface area contributed by atoms with Gasteiger partial charge in [-0.2, -0.15) is 0 Å². The summed E-state index contributed by atoms with van der Waals surface area (Å²) in [5, 5.41) is 4.41. The molecule has 1 amide bonds. The molecule has 5 heteroatoms. The van der Waals surface area contributed by atoms with Crippen LogP contribution in [0.4, 0.5) is 0 Å². The standard InChI is InChI=1S/C6H8N4O/c1-4-2-6(11)8-5-3-7-9-10(4)5/h2-3,7,9H,1H3,(H,8,11). The van der Waals surface area contributed by atoms with E-state index < -0.39 is 0 Å². The molecule has 0 aliphatic carbocycles. The Labute approximate surface area is 63.7 Å². The molecule has 0 spiro atoms. The van der Waals surface area contributed by atoms with Crippen LogP contribution in [0.5, 0.6) is 0 Å². The molecule has 2 aliphatic rings. The highest BCUT2D eigenvalue weighted by atomic mass is 16.2.